The van der Waals surface area contributed by atoms with E-state index in [0.29, 0.717) is 28.8 Å². The average molecular weight is 441 g/mol. The van der Waals surface area contributed by atoms with E-state index in [0.717, 1.165) is 11.3 Å². The number of H-pyrrole nitrogens is 1. The van der Waals surface area contributed by atoms with E-state index in [2.05, 4.69) is 20.4 Å². The molecule has 4 rings (SSSR count). The summed E-state index contributed by atoms with van der Waals surface area (Å²) in [5.41, 5.74) is 3.18. The summed E-state index contributed by atoms with van der Waals surface area (Å²) in [7, 11) is 1.63. The zero-order chi connectivity index (χ0) is 22.0. The van der Waals surface area contributed by atoms with Crippen molar-refractivity contribution in [3.63, 3.8) is 0 Å². The van der Waals surface area contributed by atoms with Gasteiger partial charge in [-0.3, -0.25) is 0 Å². The summed E-state index contributed by atoms with van der Waals surface area (Å²) in [6, 6.07) is 7.50. The fraction of sp³-hybridized carbons (Fsp3) is 0.286. The molecule has 10 heteroatoms. The monoisotopic (exact) mass is 440 g/mol. The number of ether oxygens (including phenoxy) is 2. The van der Waals surface area contributed by atoms with Crippen molar-refractivity contribution in [3.8, 4) is 5.75 Å². The number of halogens is 1. The quantitative estimate of drug-likeness (QED) is 0.438. The van der Waals surface area contributed by atoms with Crippen LogP contribution in [-0.4, -0.2) is 49.9 Å². The molecule has 1 N–H and O–H groups in total. The number of pyridine rings is 1. The van der Waals surface area contributed by atoms with Gasteiger partial charge in [-0.05, 0) is 31.5 Å². The molecule has 9 nitrogen and oxygen atoms in total. The standard InChI is InChI=1S/C21H21ClN6O3/c1-4-31-21(29)15-10-23-20-18(19(15)22)12(2)26-28(20)17(16-11-24-27-25-16)9-13-5-7-14(30-3)8-6-13/h5-8,10-11,17H,4,9H2,1-3H3,(H,24,25,27). The van der Waals surface area contributed by atoms with Crippen molar-refractivity contribution < 1.29 is 14.3 Å². The van der Waals surface area contributed by atoms with Gasteiger partial charge in [0.2, 0.25) is 0 Å². The molecule has 0 saturated heterocycles. The molecule has 4 aromatic rings. The summed E-state index contributed by atoms with van der Waals surface area (Å²) in [5.74, 6) is 0.266. The molecule has 1 aromatic carbocycles. The second-order valence-electron chi connectivity index (χ2n) is 6.90. The Morgan fingerprint density at radius 1 is 1.26 bits per heavy atom. The van der Waals surface area contributed by atoms with Crippen LogP contribution in [0.5, 0.6) is 5.75 Å². The van der Waals surface area contributed by atoms with Gasteiger partial charge < -0.3 is 9.47 Å². The topological polar surface area (TPSA) is 108 Å². The van der Waals surface area contributed by atoms with E-state index in [1.54, 1.807) is 24.9 Å². The first-order valence-corrected chi connectivity index (χ1v) is 10.1. The molecule has 0 saturated carbocycles. The normalized spacial score (nSPS) is 12.1. The molecular formula is C21H21ClN6O3. The molecule has 0 spiro atoms. The molecule has 31 heavy (non-hydrogen) atoms. The molecule has 3 aromatic heterocycles. The number of methoxy groups -OCH3 is 1. The van der Waals surface area contributed by atoms with Crippen molar-refractivity contribution in [1.82, 2.24) is 30.2 Å². The minimum absolute atomic E-state index is 0.215. The van der Waals surface area contributed by atoms with Gasteiger partial charge in [-0.2, -0.15) is 20.5 Å². The largest absolute Gasteiger partial charge is 0.497 e. The highest BCUT2D eigenvalue weighted by Crippen LogP contribution is 2.32. The fourth-order valence-electron chi connectivity index (χ4n) is 3.47. The Bertz CT molecular complexity index is 1200. The molecule has 0 radical (unpaired) electrons. The third-order valence-electron chi connectivity index (χ3n) is 4.99. The summed E-state index contributed by atoms with van der Waals surface area (Å²) in [4.78, 5) is 16.7. The van der Waals surface area contributed by atoms with E-state index in [1.165, 1.54) is 6.20 Å². The van der Waals surface area contributed by atoms with Crippen molar-refractivity contribution in [3.05, 3.63) is 64.2 Å². The van der Waals surface area contributed by atoms with E-state index < -0.39 is 5.97 Å². The highest BCUT2D eigenvalue weighted by atomic mass is 35.5. The molecule has 3 heterocycles. The van der Waals surface area contributed by atoms with Crippen LogP contribution in [0.25, 0.3) is 11.0 Å². The maximum Gasteiger partial charge on any atom is 0.341 e. The number of carbonyl (C=O) groups is 1. The van der Waals surface area contributed by atoms with E-state index in [1.807, 2.05) is 31.2 Å². The predicted molar refractivity (Wildman–Crippen MR) is 114 cm³/mol. The molecular weight excluding hydrogens is 420 g/mol. The lowest BCUT2D eigenvalue weighted by Gasteiger charge is -2.16. The molecule has 0 aliphatic rings. The van der Waals surface area contributed by atoms with E-state index in [-0.39, 0.29) is 23.2 Å². The number of benzene rings is 1. The minimum Gasteiger partial charge on any atom is -0.497 e. The zero-order valence-electron chi connectivity index (χ0n) is 17.3. The molecule has 0 amide bonds. The number of fused-ring (bicyclic) bond motifs is 1. The summed E-state index contributed by atoms with van der Waals surface area (Å²) >= 11 is 6.57. The molecule has 160 valence electrons. The fourth-order valence-corrected chi connectivity index (χ4v) is 3.82. The number of hydrogen-bond acceptors (Lipinski definition) is 7. The number of esters is 1. The summed E-state index contributed by atoms with van der Waals surface area (Å²) in [5, 5.41) is 16.5. The van der Waals surface area contributed by atoms with Crippen LogP contribution in [0.15, 0.2) is 36.7 Å². The maximum atomic E-state index is 12.2. The van der Waals surface area contributed by atoms with Crippen molar-refractivity contribution in [2.45, 2.75) is 26.3 Å². The van der Waals surface area contributed by atoms with Crippen LogP contribution in [0, 0.1) is 6.92 Å². The number of aromatic amines is 1. The number of hydrogen-bond donors (Lipinski definition) is 1. The number of carbonyl (C=O) groups excluding carboxylic acids is 1. The predicted octanol–water partition coefficient (Wildman–Crippen LogP) is 3.53. The number of rotatable bonds is 7. The number of nitrogens with zero attached hydrogens (tertiary/aromatic N) is 5. The van der Waals surface area contributed by atoms with E-state index in [9.17, 15) is 4.79 Å². The second-order valence-corrected chi connectivity index (χ2v) is 7.28. The maximum absolute atomic E-state index is 12.2. The SMILES string of the molecule is CCOC(=O)c1cnc2c(c(C)nn2C(Cc2ccc(OC)cc2)c2cn[nH]n2)c1Cl. The Labute approximate surface area is 183 Å². The highest BCUT2D eigenvalue weighted by Gasteiger charge is 2.26. The van der Waals surface area contributed by atoms with Crippen LogP contribution < -0.4 is 4.74 Å². The number of aromatic nitrogens is 6. The van der Waals surface area contributed by atoms with Crippen LogP contribution >= 0.6 is 11.6 Å². The molecule has 1 atom stereocenters. The Kier molecular flexibility index (Phi) is 5.85. The first-order chi connectivity index (χ1) is 15.0. The van der Waals surface area contributed by atoms with E-state index >= 15 is 0 Å². The van der Waals surface area contributed by atoms with Gasteiger partial charge in [0.25, 0.3) is 0 Å². The Morgan fingerprint density at radius 3 is 2.68 bits per heavy atom. The van der Waals surface area contributed by atoms with Crippen molar-refractivity contribution in [1.29, 1.82) is 0 Å². The number of aryl methyl sites for hydroxylation is 1. The summed E-state index contributed by atoms with van der Waals surface area (Å²) < 4.78 is 12.1. The zero-order valence-corrected chi connectivity index (χ0v) is 18.1. The van der Waals surface area contributed by atoms with Crippen molar-refractivity contribution in [2.24, 2.45) is 0 Å². The lowest BCUT2D eigenvalue weighted by molar-refractivity contribution is 0.0526. The van der Waals surface area contributed by atoms with Gasteiger partial charge in [0.1, 0.15) is 17.5 Å². The van der Waals surface area contributed by atoms with Gasteiger partial charge in [0, 0.05) is 12.6 Å². The minimum atomic E-state index is -0.514. The van der Waals surface area contributed by atoms with E-state index in [4.69, 9.17) is 26.2 Å². The lowest BCUT2D eigenvalue weighted by Crippen LogP contribution is -2.16. The lowest BCUT2D eigenvalue weighted by atomic mass is 10.0. The van der Waals surface area contributed by atoms with Gasteiger partial charge >= 0.3 is 5.97 Å². The second kappa shape index (κ2) is 8.73. The summed E-state index contributed by atoms with van der Waals surface area (Å²) in [6.07, 6.45) is 3.67. The first-order valence-electron chi connectivity index (χ1n) is 9.72. The molecule has 0 bridgehead atoms. The summed E-state index contributed by atoms with van der Waals surface area (Å²) in [6.45, 7) is 3.82. The smallest absolute Gasteiger partial charge is 0.341 e. The molecule has 1 unspecified atom stereocenters. The van der Waals surface area contributed by atoms with Gasteiger partial charge in [0.15, 0.2) is 5.65 Å². The van der Waals surface area contributed by atoms with Crippen LogP contribution in [0.2, 0.25) is 5.02 Å². The van der Waals surface area contributed by atoms with Crippen molar-refractivity contribution >= 4 is 28.6 Å². The Hall–Kier alpha value is -3.46. The third-order valence-corrected chi connectivity index (χ3v) is 5.38. The molecule has 0 aliphatic carbocycles. The Morgan fingerprint density at radius 2 is 2.03 bits per heavy atom. The van der Waals surface area contributed by atoms with Gasteiger partial charge in [0.05, 0.1) is 41.6 Å². The molecule has 0 fully saturated rings. The number of nitrogens with one attached hydrogen (secondary N) is 1. The van der Waals surface area contributed by atoms with Gasteiger partial charge in [-0.15, -0.1) is 0 Å². The van der Waals surface area contributed by atoms with Crippen LogP contribution in [0.4, 0.5) is 0 Å². The molecule has 0 aliphatic heterocycles. The van der Waals surface area contributed by atoms with Crippen LogP contribution in [0.1, 0.15) is 40.3 Å². The van der Waals surface area contributed by atoms with Crippen LogP contribution in [0.3, 0.4) is 0 Å². The average Bonchev–Trinajstić information content (AvgIpc) is 3.41. The Balaban J connectivity index is 1.80. The van der Waals surface area contributed by atoms with Gasteiger partial charge in [-0.25, -0.2) is 14.5 Å². The first kappa shape index (κ1) is 20.8. The highest BCUT2D eigenvalue weighted by molar-refractivity contribution is 6.38. The van der Waals surface area contributed by atoms with Crippen LogP contribution in [-0.2, 0) is 11.2 Å². The van der Waals surface area contributed by atoms with Crippen molar-refractivity contribution in [2.75, 3.05) is 13.7 Å². The van der Waals surface area contributed by atoms with Gasteiger partial charge in [-0.1, -0.05) is 23.7 Å². The third kappa shape index (κ3) is 3.96.